The second-order valence-corrected chi connectivity index (χ2v) is 8.02. The van der Waals surface area contributed by atoms with Crippen molar-refractivity contribution in [1.82, 2.24) is 10.2 Å². The predicted octanol–water partition coefficient (Wildman–Crippen LogP) is 4.65. The first-order valence-corrected chi connectivity index (χ1v) is 10.1. The molecule has 1 fully saturated rings. The monoisotopic (exact) mass is 395 g/mol. The molecule has 0 unspecified atom stereocenters. The van der Waals surface area contributed by atoms with Crippen LogP contribution < -0.4 is 10.1 Å². The third-order valence-corrected chi connectivity index (χ3v) is 5.30. The number of carbonyl (C=O) groups excluding carboxylic acids is 1. The summed E-state index contributed by atoms with van der Waals surface area (Å²) in [5, 5.41) is 11.0. The second kappa shape index (κ2) is 8.48. The van der Waals surface area contributed by atoms with Gasteiger partial charge in [-0.3, -0.25) is 4.79 Å². The molecule has 0 saturated heterocycles. The number of rotatable bonds is 8. The molecule has 2 aromatic carbocycles. The lowest BCUT2D eigenvalue weighted by Crippen LogP contribution is -2.22. The van der Waals surface area contributed by atoms with Gasteiger partial charge in [0.25, 0.3) is 5.22 Å². The maximum Gasteiger partial charge on any atom is 0.277 e. The molecular formula is C21H21N3O3S. The summed E-state index contributed by atoms with van der Waals surface area (Å²) in [5.74, 6) is 1.73. The molecule has 0 radical (unpaired) electrons. The average molecular weight is 395 g/mol. The molecule has 0 bridgehead atoms. The van der Waals surface area contributed by atoms with Gasteiger partial charge in [0.1, 0.15) is 12.4 Å². The van der Waals surface area contributed by atoms with Crippen LogP contribution in [0.25, 0.3) is 0 Å². The van der Waals surface area contributed by atoms with E-state index < -0.39 is 0 Å². The summed E-state index contributed by atoms with van der Waals surface area (Å²) in [6.45, 7) is 2.32. The molecule has 1 aliphatic carbocycles. The molecule has 1 amide bonds. The minimum Gasteiger partial charge on any atom is -0.489 e. The number of anilines is 1. The number of hydrogen-bond acceptors (Lipinski definition) is 6. The Labute approximate surface area is 167 Å². The van der Waals surface area contributed by atoms with Gasteiger partial charge < -0.3 is 14.5 Å². The SMILES string of the molecule is C[C@H](Sc1nnc(C2CC2)o1)C(=O)Nc1ccc(OCc2ccccc2)cc1. The molecule has 1 heterocycles. The number of thioether (sulfide) groups is 1. The largest absolute Gasteiger partial charge is 0.489 e. The smallest absolute Gasteiger partial charge is 0.277 e. The maximum absolute atomic E-state index is 12.4. The first-order chi connectivity index (χ1) is 13.7. The van der Waals surface area contributed by atoms with Crippen LogP contribution in [0.5, 0.6) is 5.75 Å². The molecule has 1 aliphatic rings. The van der Waals surface area contributed by atoms with Gasteiger partial charge in [0.05, 0.1) is 5.25 Å². The zero-order valence-corrected chi connectivity index (χ0v) is 16.3. The van der Waals surface area contributed by atoms with E-state index in [4.69, 9.17) is 9.15 Å². The standard InChI is InChI=1S/C21H21N3O3S/c1-14(28-21-24-23-20(27-21)16-7-8-16)19(25)22-17-9-11-18(12-10-17)26-13-15-5-3-2-4-6-15/h2-6,9-12,14,16H,7-8,13H2,1H3,(H,22,25)/t14-/m0/s1. The minimum absolute atomic E-state index is 0.117. The molecule has 28 heavy (non-hydrogen) atoms. The zero-order chi connectivity index (χ0) is 19.3. The van der Waals surface area contributed by atoms with Gasteiger partial charge in [-0.1, -0.05) is 42.1 Å². The van der Waals surface area contributed by atoms with E-state index in [1.807, 2.05) is 61.5 Å². The number of nitrogens with zero attached hydrogens (tertiary/aromatic N) is 2. The van der Waals surface area contributed by atoms with E-state index in [0.717, 1.165) is 24.2 Å². The normalized spacial score (nSPS) is 14.5. The van der Waals surface area contributed by atoms with Crippen LogP contribution in [0, 0.1) is 0 Å². The van der Waals surface area contributed by atoms with E-state index in [2.05, 4.69) is 15.5 Å². The van der Waals surface area contributed by atoms with Crippen molar-refractivity contribution in [2.75, 3.05) is 5.32 Å². The van der Waals surface area contributed by atoms with E-state index >= 15 is 0 Å². The Morgan fingerprint density at radius 1 is 1.18 bits per heavy atom. The lowest BCUT2D eigenvalue weighted by Gasteiger charge is -2.11. The highest BCUT2D eigenvalue weighted by Crippen LogP contribution is 2.40. The van der Waals surface area contributed by atoms with Crippen LogP contribution in [0.2, 0.25) is 0 Å². The third kappa shape index (κ3) is 4.92. The second-order valence-electron chi connectivity index (χ2n) is 6.73. The molecule has 144 valence electrons. The Balaban J connectivity index is 1.27. The highest BCUT2D eigenvalue weighted by atomic mass is 32.2. The fourth-order valence-corrected chi connectivity index (χ4v) is 3.28. The first-order valence-electron chi connectivity index (χ1n) is 9.25. The number of benzene rings is 2. The number of aromatic nitrogens is 2. The Morgan fingerprint density at radius 2 is 1.93 bits per heavy atom. The van der Waals surface area contributed by atoms with Crippen LogP contribution in [0.4, 0.5) is 5.69 Å². The van der Waals surface area contributed by atoms with Crippen molar-refractivity contribution in [2.45, 2.75) is 42.8 Å². The number of nitrogens with one attached hydrogen (secondary N) is 1. The molecule has 7 heteroatoms. The van der Waals surface area contributed by atoms with Crippen molar-refractivity contribution >= 4 is 23.4 Å². The summed E-state index contributed by atoms with van der Waals surface area (Å²) >= 11 is 1.27. The van der Waals surface area contributed by atoms with Crippen LogP contribution >= 0.6 is 11.8 Å². The molecule has 3 aromatic rings. The predicted molar refractivity (Wildman–Crippen MR) is 107 cm³/mol. The zero-order valence-electron chi connectivity index (χ0n) is 15.5. The molecule has 0 aliphatic heterocycles. The van der Waals surface area contributed by atoms with E-state index in [9.17, 15) is 4.79 Å². The van der Waals surface area contributed by atoms with Crippen LogP contribution in [-0.2, 0) is 11.4 Å². The highest BCUT2D eigenvalue weighted by Gasteiger charge is 2.30. The summed E-state index contributed by atoms with van der Waals surface area (Å²) in [6.07, 6.45) is 2.21. The quantitative estimate of drug-likeness (QED) is 0.560. The van der Waals surface area contributed by atoms with Crippen LogP contribution in [0.1, 0.15) is 37.1 Å². The summed E-state index contributed by atoms with van der Waals surface area (Å²) in [7, 11) is 0. The van der Waals surface area contributed by atoms with E-state index in [1.165, 1.54) is 11.8 Å². The molecule has 4 rings (SSSR count). The van der Waals surface area contributed by atoms with Gasteiger partial charge >= 0.3 is 0 Å². The Hall–Kier alpha value is -2.80. The topological polar surface area (TPSA) is 77.2 Å². The minimum atomic E-state index is -0.346. The fraction of sp³-hybridized carbons (Fsp3) is 0.286. The van der Waals surface area contributed by atoms with Crippen molar-refractivity contribution in [3.8, 4) is 5.75 Å². The lowest BCUT2D eigenvalue weighted by atomic mass is 10.2. The first kappa shape index (κ1) is 18.6. The lowest BCUT2D eigenvalue weighted by molar-refractivity contribution is -0.115. The number of ether oxygens (including phenoxy) is 1. The summed E-state index contributed by atoms with van der Waals surface area (Å²) in [6, 6.07) is 17.3. The van der Waals surface area contributed by atoms with Crippen LogP contribution in [0.3, 0.4) is 0 Å². The van der Waals surface area contributed by atoms with Gasteiger partial charge in [-0.15, -0.1) is 10.2 Å². The van der Waals surface area contributed by atoms with Crippen molar-refractivity contribution in [2.24, 2.45) is 0 Å². The third-order valence-electron chi connectivity index (χ3n) is 4.37. The summed E-state index contributed by atoms with van der Waals surface area (Å²) in [4.78, 5) is 12.4. The van der Waals surface area contributed by atoms with Gasteiger partial charge in [0.2, 0.25) is 11.8 Å². The number of amides is 1. The van der Waals surface area contributed by atoms with Gasteiger partial charge in [-0.2, -0.15) is 0 Å². The molecule has 1 aromatic heterocycles. The Bertz CT molecular complexity index is 924. The van der Waals surface area contributed by atoms with Crippen molar-refractivity contribution in [1.29, 1.82) is 0 Å². The molecule has 0 spiro atoms. The average Bonchev–Trinajstić information content (AvgIpc) is 3.47. The number of carbonyl (C=O) groups is 1. The van der Waals surface area contributed by atoms with Gasteiger partial charge in [0.15, 0.2) is 0 Å². The van der Waals surface area contributed by atoms with Gasteiger partial charge in [0, 0.05) is 11.6 Å². The van der Waals surface area contributed by atoms with E-state index in [-0.39, 0.29) is 11.2 Å². The molecular weight excluding hydrogens is 374 g/mol. The van der Waals surface area contributed by atoms with Gasteiger partial charge in [-0.05, 0) is 49.6 Å². The van der Waals surface area contributed by atoms with E-state index in [0.29, 0.717) is 29.3 Å². The summed E-state index contributed by atoms with van der Waals surface area (Å²) < 4.78 is 11.4. The van der Waals surface area contributed by atoms with Gasteiger partial charge in [-0.25, -0.2) is 0 Å². The summed E-state index contributed by atoms with van der Waals surface area (Å²) in [5.41, 5.74) is 1.82. The molecule has 1 N–H and O–H groups in total. The fourth-order valence-electron chi connectivity index (χ4n) is 2.59. The maximum atomic E-state index is 12.4. The number of hydrogen-bond donors (Lipinski definition) is 1. The molecule has 6 nitrogen and oxygen atoms in total. The highest BCUT2D eigenvalue weighted by molar-refractivity contribution is 8.00. The van der Waals surface area contributed by atoms with Crippen molar-refractivity contribution in [3.63, 3.8) is 0 Å². The van der Waals surface area contributed by atoms with Crippen LogP contribution in [-0.4, -0.2) is 21.4 Å². The van der Waals surface area contributed by atoms with E-state index in [1.54, 1.807) is 0 Å². The Kier molecular flexibility index (Phi) is 5.62. The van der Waals surface area contributed by atoms with Crippen molar-refractivity contribution in [3.05, 3.63) is 66.1 Å². The molecule has 1 saturated carbocycles. The molecule has 1 atom stereocenters. The van der Waals surface area contributed by atoms with Crippen molar-refractivity contribution < 1.29 is 13.9 Å². The van der Waals surface area contributed by atoms with Crippen LogP contribution in [0.15, 0.2) is 64.2 Å². The Morgan fingerprint density at radius 3 is 2.64 bits per heavy atom.